The van der Waals surface area contributed by atoms with Crippen LogP contribution in [0.15, 0.2) is 4.42 Å². The third-order valence-corrected chi connectivity index (χ3v) is 3.28. The molecule has 96 valence electrons. The number of aromatic nitrogens is 2. The molecule has 0 aromatic carbocycles. The Morgan fingerprint density at radius 1 is 1.53 bits per heavy atom. The topological polar surface area (TPSA) is 77.4 Å². The molecule has 17 heavy (non-hydrogen) atoms. The molecule has 6 nitrogen and oxygen atoms in total. The molecule has 6 heteroatoms. The van der Waals surface area contributed by atoms with Gasteiger partial charge in [-0.1, -0.05) is 12.0 Å². The SMILES string of the molecule is COC1CN(c2nnc(C(C)N)o2)CCC1C. The van der Waals surface area contributed by atoms with Crippen molar-refractivity contribution in [1.82, 2.24) is 10.2 Å². The van der Waals surface area contributed by atoms with Gasteiger partial charge in [-0.25, -0.2) is 0 Å². The molecular formula is C11H20N4O2. The van der Waals surface area contributed by atoms with E-state index in [4.69, 9.17) is 14.9 Å². The van der Waals surface area contributed by atoms with Crippen molar-refractivity contribution in [1.29, 1.82) is 0 Å². The van der Waals surface area contributed by atoms with E-state index in [-0.39, 0.29) is 12.1 Å². The fourth-order valence-electron chi connectivity index (χ4n) is 2.05. The minimum absolute atomic E-state index is 0.217. The average Bonchev–Trinajstić information content (AvgIpc) is 2.79. The molecule has 3 atom stereocenters. The van der Waals surface area contributed by atoms with Crippen LogP contribution in [0.3, 0.4) is 0 Å². The van der Waals surface area contributed by atoms with Crippen molar-refractivity contribution < 1.29 is 9.15 Å². The number of piperidine rings is 1. The maximum Gasteiger partial charge on any atom is 0.318 e. The molecule has 1 saturated heterocycles. The summed E-state index contributed by atoms with van der Waals surface area (Å²) in [6, 6.07) is 0.324. The molecule has 0 spiro atoms. The monoisotopic (exact) mass is 240 g/mol. The lowest BCUT2D eigenvalue weighted by Crippen LogP contribution is -2.44. The molecule has 0 bridgehead atoms. The molecule has 0 saturated carbocycles. The summed E-state index contributed by atoms with van der Waals surface area (Å²) in [5.41, 5.74) is 5.69. The van der Waals surface area contributed by atoms with E-state index in [9.17, 15) is 0 Å². The lowest BCUT2D eigenvalue weighted by molar-refractivity contribution is 0.0485. The molecule has 2 N–H and O–H groups in total. The quantitative estimate of drug-likeness (QED) is 0.847. The van der Waals surface area contributed by atoms with Gasteiger partial charge < -0.3 is 19.8 Å². The lowest BCUT2D eigenvalue weighted by Gasteiger charge is -2.34. The van der Waals surface area contributed by atoms with Crippen molar-refractivity contribution in [2.45, 2.75) is 32.4 Å². The predicted octanol–water partition coefficient (Wildman–Crippen LogP) is 0.951. The van der Waals surface area contributed by atoms with Crippen molar-refractivity contribution in [2.24, 2.45) is 11.7 Å². The first-order valence-corrected chi connectivity index (χ1v) is 5.98. The molecule has 0 radical (unpaired) electrons. The number of hydrogen-bond donors (Lipinski definition) is 1. The van der Waals surface area contributed by atoms with Gasteiger partial charge in [0.1, 0.15) is 0 Å². The van der Waals surface area contributed by atoms with Crippen molar-refractivity contribution in [3.8, 4) is 0 Å². The molecule has 1 aliphatic heterocycles. The summed E-state index contributed by atoms with van der Waals surface area (Å²) in [5.74, 6) is 1.04. The van der Waals surface area contributed by atoms with E-state index in [2.05, 4.69) is 22.0 Å². The highest BCUT2D eigenvalue weighted by Crippen LogP contribution is 2.24. The van der Waals surface area contributed by atoms with Crippen molar-refractivity contribution in [2.75, 3.05) is 25.1 Å². The van der Waals surface area contributed by atoms with Gasteiger partial charge in [0.15, 0.2) is 0 Å². The number of nitrogens with zero attached hydrogens (tertiary/aromatic N) is 3. The summed E-state index contributed by atoms with van der Waals surface area (Å²) in [5, 5.41) is 7.97. The largest absolute Gasteiger partial charge is 0.406 e. The minimum atomic E-state index is -0.224. The van der Waals surface area contributed by atoms with Crippen LogP contribution < -0.4 is 10.6 Å². The smallest absolute Gasteiger partial charge is 0.318 e. The lowest BCUT2D eigenvalue weighted by atomic mass is 9.96. The molecule has 3 unspecified atom stereocenters. The van der Waals surface area contributed by atoms with Crippen LogP contribution in [0.1, 0.15) is 32.2 Å². The first-order valence-electron chi connectivity index (χ1n) is 5.98. The second-order valence-electron chi connectivity index (χ2n) is 4.70. The van der Waals surface area contributed by atoms with Gasteiger partial charge in [0.25, 0.3) is 0 Å². The minimum Gasteiger partial charge on any atom is -0.406 e. The van der Waals surface area contributed by atoms with Gasteiger partial charge in [0, 0.05) is 20.2 Å². The van der Waals surface area contributed by atoms with Crippen LogP contribution >= 0.6 is 0 Å². The Morgan fingerprint density at radius 2 is 2.29 bits per heavy atom. The summed E-state index contributed by atoms with van der Waals surface area (Å²) in [4.78, 5) is 2.06. The molecule has 2 heterocycles. The Balaban J connectivity index is 2.06. The standard InChI is InChI=1S/C11H20N4O2/c1-7-4-5-15(6-9(7)16-3)11-14-13-10(17-11)8(2)12/h7-9H,4-6,12H2,1-3H3. The molecule has 1 aliphatic rings. The van der Waals surface area contributed by atoms with Crippen LogP contribution in [0.25, 0.3) is 0 Å². The number of rotatable bonds is 3. The first kappa shape index (κ1) is 12.3. The third kappa shape index (κ3) is 2.58. The zero-order chi connectivity index (χ0) is 12.4. The van der Waals surface area contributed by atoms with Gasteiger partial charge in [-0.15, -0.1) is 5.10 Å². The third-order valence-electron chi connectivity index (χ3n) is 3.28. The van der Waals surface area contributed by atoms with Gasteiger partial charge in [-0.3, -0.25) is 0 Å². The van der Waals surface area contributed by atoms with Crippen LogP contribution in [-0.2, 0) is 4.74 Å². The Kier molecular flexibility index (Phi) is 3.63. The number of hydrogen-bond acceptors (Lipinski definition) is 6. The van der Waals surface area contributed by atoms with Crippen LogP contribution in [0, 0.1) is 5.92 Å². The van der Waals surface area contributed by atoms with E-state index in [1.165, 1.54) is 0 Å². The molecule has 2 rings (SSSR count). The van der Waals surface area contributed by atoms with E-state index in [0.717, 1.165) is 19.5 Å². The number of nitrogens with two attached hydrogens (primary N) is 1. The van der Waals surface area contributed by atoms with Crippen LogP contribution in [0.2, 0.25) is 0 Å². The van der Waals surface area contributed by atoms with Gasteiger partial charge in [0.05, 0.1) is 12.1 Å². The maximum atomic E-state index is 5.69. The van der Waals surface area contributed by atoms with Crippen LogP contribution in [0.4, 0.5) is 6.01 Å². The van der Waals surface area contributed by atoms with Gasteiger partial charge in [-0.2, -0.15) is 0 Å². The highest BCUT2D eigenvalue weighted by atomic mass is 16.5. The average molecular weight is 240 g/mol. The highest BCUT2D eigenvalue weighted by molar-refractivity contribution is 5.26. The summed E-state index contributed by atoms with van der Waals surface area (Å²) in [6.45, 7) is 5.74. The molecule has 1 aromatic heterocycles. The number of ether oxygens (including phenoxy) is 1. The van der Waals surface area contributed by atoms with Crippen molar-refractivity contribution >= 4 is 6.01 Å². The van der Waals surface area contributed by atoms with Gasteiger partial charge in [-0.05, 0) is 19.3 Å². The number of anilines is 1. The van der Waals surface area contributed by atoms with Gasteiger partial charge in [0.2, 0.25) is 5.89 Å². The second kappa shape index (κ2) is 5.01. The molecule has 1 fully saturated rings. The molecule has 0 amide bonds. The predicted molar refractivity (Wildman–Crippen MR) is 63.7 cm³/mol. The Bertz CT molecular complexity index is 366. The summed E-state index contributed by atoms with van der Waals surface area (Å²) in [7, 11) is 1.74. The maximum absolute atomic E-state index is 5.69. The summed E-state index contributed by atoms with van der Waals surface area (Å²) in [6.07, 6.45) is 1.28. The van der Waals surface area contributed by atoms with Gasteiger partial charge >= 0.3 is 6.01 Å². The van der Waals surface area contributed by atoms with E-state index >= 15 is 0 Å². The summed E-state index contributed by atoms with van der Waals surface area (Å²) >= 11 is 0. The van der Waals surface area contributed by atoms with E-state index in [1.807, 2.05) is 6.92 Å². The second-order valence-corrected chi connectivity index (χ2v) is 4.70. The number of methoxy groups -OCH3 is 1. The van der Waals surface area contributed by atoms with Crippen LogP contribution in [-0.4, -0.2) is 36.5 Å². The zero-order valence-corrected chi connectivity index (χ0v) is 10.6. The Hall–Kier alpha value is -1.14. The highest BCUT2D eigenvalue weighted by Gasteiger charge is 2.28. The fraction of sp³-hybridized carbons (Fsp3) is 0.818. The Labute approximate surface area is 101 Å². The molecular weight excluding hydrogens is 220 g/mol. The summed E-state index contributed by atoms with van der Waals surface area (Å²) < 4.78 is 11.0. The molecule has 1 aromatic rings. The normalized spacial score (nSPS) is 27.2. The van der Waals surface area contributed by atoms with Crippen molar-refractivity contribution in [3.63, 3.8) is 0 Å². The van der Waals surface area contributed by atoms with Crippen molar-refractivity contribution in [3.05, 3.63) is 5.89 Å². The first-order chi connectivity index (χ1) is 8.11. The molecule has 0 aliphatic carbocycles. The van der Waals surface area contributed by atoms with E-state index in [1.54, 1.807) is 7.11 Å². The Morgan fingerprint density at radius 3 is 2.88 bits per heavy atom. The zero-order valence-electron chi connectivity index (χ0n) is 10.6. The van der Waals surface area contributed by atoms with E-state index in [0.29, 0.717) is 17.8 Å². The fourth-order valence-corrected chi connectivity index (χ4v) is 2.05. The van der Waals surface area contributed by atoms with Crippen LogP contribution in [0.5, 0.6) is 0 Å². The van der Waals surface area contributed by atoms with E-state index < -0.39 is 0 Å².